The summed E-state index contributed by atoms with van der Waals surface area (Å²) in [5, 5.41) is 3.58. The average molecular weight is 275 g/mol. The first-order chi connectivity index (χ1) is 9.60. The van der Waals surface area contributed by atoms with Crippen molar-refractivity contribution in [3.8, 4) is 0 Å². The van der Waals surface area contributed by atoms with Crippen molar-refractivity contribution in [3.63, 3.8) is 0 Å². The molecule has 1 N–H and O–H groups in total. The van der Waals surface area contributed by atoms with E-state index >= 15 is 0 Å². The minimum atomic E-state index is -0.249. The van der Waals surface area contributed by atoms with Gasteiger partial charge in [0.15, 0.2) is 0 Å². The zero-order valence-corrected chi connectivity index (χ0v) is 12.7. The molecule has 1 aromatic rings. The first-order valence-corrected chi connectivity index (χ1v) is 7.64. The van der Waals surface area contributed by atoms with E-state index in [2.05, 4.69) is 19.2 Å². The Morgan fingerprint density at radius 2 is 2.15 bits per heavy atom. The molecular formula is C17H25NO2. The Labute approximate surface area is 121 Å². The van der Waals surface area contributed by atoms with Crippen LogP contribution in [0.2, 0.25) is 0 Å². The van der Waals surface area contributed by atoms with Gasteiger partial charge in [0.05, 0.1) is 12.2 Å². The fraction of sp³-hybridized carbons (Fsp3) is 0.588. The van der Waals surface area contributed by atoms with Crippen LogP contribution in [0.4, 0.5) is 5.69 Å². The number of rotatable bonds is 4. The lowest BCUT2D eigenvalue weighted by molar-refractivity contribution is 0.0526. The van der Waals surface area contributed by atoms with Crippen molar-refractivity contribution in [3.05, 3.63) is 29.8 Å². The molecule has 0 radical (unpaired) electrons. The van der Waals surface area contributed by atoms with Crippen molar-refractivity contribution >= 4 is 11.7 Å². The van der Waals surface area contributed by atoms with Gasteiger partial charge in [-0.15, -0.1) is 0 Å². The van der Waals surface area contributed by atoms with Crippen molar-refractivity contribution in [2.75, 3.05) is 11.9 Å². The maximum absolute atomic E-state index is 11.7. The van der Waals surface area contributed by atoms with E-state index in [0.29, 0.717) is 24.1 Å². The number of hydrogen-bond donors (Lipinski definition) is 1. The summed E-state index contributed by atoms with van der Waals surface area (Å²) in [6, 6.07) is 8.12. The fourth-order valence-corrected chi connectivity index (χ4v) is 3.04. The molecule has 0 aliphatic heterocycles. The predicted molar refractivity (Wildman–Crippen MR) is 82.0 cm³/mol. The van der Waals surface area contributed by atoms with Crippen LogP contribution in [0.5, 0.6) is 0 Å². The van der Waals surface area contributed by atoms with E-state index < -0.39 is 0 Å². The Balaban J connectivity index is 2.02. The van der Waals surface area contributed by atoms with Crippen LogP contribution in [0.3, 0.4) is 0 Å². The summed E-state index contributed by atoms with van der Waals surface area (Å²) in [6.45, 7) is 6.87. The summed E-state index contributed by atoms with van der Waals surface area (Å²) >= 11 is 0. The third-order valence-electron chi connectivity index (χ3n) is 4.16. The van der Waals surface area contributed by atoms with Gasteiger partial charge in [0, 0.05) is 11.7 Å². The molecular weight excluding hydrogens is 250 g/mol. The van der Waals surface area contributed by atoms with Crippen LogP contribution in [0.1, 0.15) is 50.4 Å². The highest BCUT2D eigenvalue weighted by molar-refractivity contribution is 5.90. The molecule has 110 valence electrons. The van der Waals surface area contributed by atoms with Gasteiger partial charge in [0.2, 0.25) is 0 Å². The third-order valence-corrected chi connectivity index (χ3v) is 4.16. The number of hydrogen-bond acceptors (Lipinski definition) is 3. The van der Waals surface area contributed by atoms with Crippen molar-refractivity contribution in [2.45, 2.75) is 46.1 Å². The standard InChI is InChI=1S/C17H25NO2/c1-4-20-17(19)14-6-5-7-15(11-14)18-16-9-8-12(2)10-13(16)3/h5-7,11-13,16,18H,4,8-10H2,1-3H3. The van der Waals surface area contributed by atoms with Gasteiger partial charge in [-0.2, -0.15) is 0 Å². The molecule has 0 amide bonds. The quantitative estimate of drug-likeness (QED) is 0.841. The van der Waals surface area contributed by atoms with Gasteiger partial charge in [-0.05, 0) is 56.2 Å². The number of nitrogens with one attached hydrogen (secondary N) is 1. The summed E-state index contributed by atoms with van der Waals surface area (Å²) in [5.74, 6) is 1.25. The first kappa shape index (κ1) is 14.9. The molecule has 2 rings (SSSR count). The summed E-state index contributed by atoms with van der Waals surface area (Å²) in [6.07, 6.45) is 3.75. The van der Waals surface area contributed by atoms with Crippen LogP contribution in [-0.2, 0) is 4.74 Å². The van der Waals surface area contributed by atoms with Gasteiger partial charge in [-0.1, -0.05) is 19.9 Å². The largest absolute Gasteiger partial charge is 0.462 e. The summed E-state index contributed by atoms with van der Waals surface area (Å²) in [5.41, 5.74) is 1.63. The topological polar surface area (TPSA) is 38.3 Å². The predicted octanol–water partition coefficient (Wildman–Crippen LogP) is 4.10. The van der Waals surface area contributed by atoms with Gasteiger partial charge in [-0.25, -0.2) is 4.79 Å². The zero-order valence-electron chi connectivity index (χ0n) is 12.7. The van der Waals surface area contributed by atoms with Crippen molar-refractivity contribution in [2.24, 2.45) is 11.8 Å². The van der Waals surface area contributed by atoms with Gasteiger partial charge < -0.3 is 10.1 Å². The zero-order chi connectivity index (χ0) is 14.5. The molecule has 0 bridgehead atoms. The highest BCUT2D eigenvalue weighted by Gasteiger charge is 2.25. The van der Waals surface area contributed by atoms with Crippen molar-refractivity contribution in [1.29, 1.82) is 0 Å². The second-order valence-electron chi connectivity index (χ2n) is 5.95. The highest BCUT2D eigenvalue weighted by atomic mass is 16.5. The Kier molecular flexibility index (Phi) is 5.05. The molecule has 0 spiro atoms. The smallest absolute Gasteiger partial charge is 0.338 e. The van der Waals surface area contributed by atoms with Crippen LogP contribution < -0.4 is 5.32 Å². The van der Waals surface area contributed by atoms with Gasteiger partial charge >= 0.3 is 5.97 Å². The molecule has 20 heavy (non-hydrogen) atoms. The molecule has 3 unspecified atom stereocenters. The number of carbonyl (C=O) groups is 1. The lowest BCUT2D eigenvalue weighted by atomic mass is 9.80. The molecule has 3 heteroatoms. The van der Waals surface area contributed by atoms with E-state index in [9.17, 15) is 4.79 Å². The Morgan fingerprint density at radius 3 is 2.85 bits per heavy atom. The summed E-state index contributed by atoms with van der Waals surface area (Å²) in [4.78, 5) is 11.7. The van der Waals surface area contributed by atoms with Gasteiger partial charge in [-0.3, -0.25) is 0 Å². The number of esters is 1. The SMILES string of the molecule is CCOC(=O)c1cccc(NC2CCC(C)CC2C)c1. The maximum atomic E-state index is 11.7. The first-order valence-electron chi connectivity index (χ1n) is 7.64. The minimum absolute atomic E-state index is 0.249. The Bertz CT molecular complexity index is 458. The molecule has 3 atom stereocenters. The molecule has 0 saturated heterocycles. The van der Waals surface area contributed by atoms with E-state index in [1.54, 1.807) is 6.07 Å². The summed E-state index contributed by atoms with van der Waals surface area (Å²) < 4.78 is 5.04. The molecule has 0 aromatic heterocycles. The monoisotopic (exact) mass is 275 g/mol. The average Bonchev–Trinajstić information content (AvgIpc) is 2.43. The minimum Gasteiger partial charge on any atom is -0.462 e. The second-order valence-corrected chi connectivity index (χ2v) is 5.95. The van der Waals surface area contributed by atoms with E-state index in [1.165, 1.54) is 19.3 Å². The second kappa shape index (κ2) is 6.78. The number of ether oxygens (including phenoxy) is 1. The van der Waals surface area contributed by atoms with Gasteiger partial charge in [0.1, 0.15) is 0 Å². The molecule has 0 heterocycles. The highest BCUT2D eigenvalue weighted by Crippen LogP contribution is 2.30. The fourth-order valence-electron chi connectivity index (χ4n) is 3.04. The molecule has 1 aliphatic rings. The molecule has 1 aromatic carbocycles. The number of benzene rings is 1. The van der Waals surface area contributed by atoms with Crippen LogP contribution in [0.25, 0.3) is 0 Å². The van der Waals surface area contributed by atoms with Crippen LogP contribution >= 0.6 is 0 Å². The number of anilines is 1. The lowest BCUT2D eigenvalue weighted by Gasteiger charge is -2.33. The Hall–Kier alpha value is -1.51. The normalized spacial score (nSPS) is 26.1. The van der Waals surface area contributed by atoms with Crippen LogP contribution in [0, 0.1) is 11.8 Å². The van der Waals surface area contributed by atoms with E-state index in [4.69, 9.17) is 4.74 Å². The molecule has 1 fully saturated rings. The maximum Gasteiger partial charge on any atom is 0.338 e. The third kappa shape index (κ3) is 3.75. The Morgan fingerprint density at radius 1 is 1.35 bits per heavy atom. The number of carbonyl (C=O) groups excluding carboxylic acids is 1. The van der Waals surface area contributed by atoms with E-state index in [1.807, 2.05) is 25.1 Å². The van der Waals surface area contributed by atoms with Crippen molar-refractivity contribution in [1.82, 2.24) is 0 Å². The summed E-state index contributed by atoms with van der Waals surface area (Å²) in [7, 11) is 0. The van der Waals surface area contributed by atoms with Crippen molar-refractivity contribution < 1.29 is 9.53 Å². The van der Waals surface area contributed by atoms with E-state index in [0.717, 1.165) is 11.6 Å². The van der Waals surface area contributed by atoms with E-state index in [-0.39, 0.29) is 5.97 Å². The van der Waals surface area contributed by atoms with Gasteiger partial charge in [0.25, 0.3) is 0 Å². The van der Waals surface area contributed by atoms with Crippen LogP contribution in [0.15, 0.2) is 24.3 Å². The lowest BCUT2D eigenvalue weighted by Crippen LogP contribution is -2.33. The van der Waals surface area contributed by atoms with Crippen LogP contribution in [-0.4, -0.2) is 18.6 Å². The molecule has 3 nitrogen and oxygen atoms in total. The molecule has 1 saturated carbocycles. The molecule has 1 aliphatic carbocycles.